The van der Waals surface area contributed by atoms with Crippen molar-refractivity contribution in [1.82, 2.24) is 14.7 Å². The van der Waals surface area contributed by atoms with Crippen LogP contribution in [0, 0.1) is 5.92 Å². The predicted octanol–water partition coefficient (Wildman–Crippen LogP) is 1.82. The molecule has 1 saturated heterocycles. The fourth-order valence-electron chi connectivity index (χ4n) is 3.27. The number of anilines is 2. The van der Waals surface area contributed by atoms with Crippen LogP contribution in [-0.4, -0.2) is 53.8 Å². The first kappa shape index (κ1) is 16.5. The molecule has 1 aliphatic heterocycles. The topological polar surface area (TPSA) is 53.4 Å². The summed E-state index contributed by atoms with van der Waals surface area (Å²) in [5.74, 6) is 1.18. The Hall–Kier alpha value is -2.34. The van der Waals surface area contributed by atoms with Gasteiger partial charge in [0.15, 0.2) is 5.82 Å². The lowest BCUT2D eigenvalue weighted by Crippen LogP contribution is -2.34. The van der Waals surface area contributed by atoms with E-state index in [1.807, 2.05) is 26.4 Å². The molecule has 1 N–H and O–H groups in total. The molecule has 3 rings (SSSR count). The van der Waals surface area contributed by atoms with Gasteiger partial charge < -0.3 is 10.2 Å². The molecule has 1 amide bonds. The van der Waals surface area contributed by atoms with Crippen LogP contribution in [0.3, 0.4) is 0 Å². The molecule has 0 saturated carbocycles. The highest BCUT2D eigenvalue weighted by Gasteiger charge is 2.24. The van der Waals surface area contributed by atoms with Gasteiger partial charge in [-0.05, 0) is 31.5 Å². The Morgan fingerprint density at radius 1 is 1.33 bits per heavy atom. The fourth-order valence-corrected chi connectivity index (χ4v) is 3.27. The number of carbonyl (C=O) groups is 1. The quantitative estimate of drug-likeness (QED) is 0.879. The van der Waals surface area contributed by atoms with Crippen LogP contribution in [0.25, 0.3) is 0 Å². The average Bonchev–Trinajstić information content (AvgIpc) is 3.17. The second kappa shape index (κ2) is 7.49. The van der Waals surface area contributed by atoms with Crippen LogP contribution in [-0.2, 0) is 11.8 Å². The molecule has 6 nitrogen and oxygen atoms in total. The predicted molar refractivity (Wildman–Crippen MR) is 96.1 cm³/mol. The summed E-state index contributed by atoms with van der Waals surface area (Å²) in [6.45, 7) is 3.45. The Morgan fingerprint density at radius 2 is 2.12 bits per heavy atom. The van der Waals surface area contributed by atoms with Gasteiger partial charge in [-0.2, -0.15) is 5.10 Å². The van der Waals surface area contributed by atoms with Gasteiger partial charge >= 0.3 is 0 Å². The number of hydrogen-bond acceptors (Lipinski definition) is 4. The summed E-state index contributed by atoms with van der Waals surface area (Å²) in [5, 5.41) is 6.99. The van der Waals surface area contributed by atoms with E-state index in [1.165, 1.54) is 12.1 Å². The third-order valence-corrected chi connectivity index (χ3v) is 4.37. The van der Waals surface area contributed by atoms with E-state index >= 15 is 0 Å². The van der Waals surface area contributed by atoms with E-state index in [-0.39, 0.29) is 5.91 Å². The summed E-state index contributed by atoms with van der Waals surface area (Å²) in [6, 6.07) is 12.3. The van der Waals surface area contributed by atoms with Crippen LogP contribution in [0.5, 0.6) is 0 Å². The van der Waals surface area contributed by atoms with Crippen molar-refractivity contribution in [2.24, 2.45) is 13.0 Å². The zero-order chi connectivity index (χ0) is 16.9. The van der Waals surface area contributed by atoms with Crippen LogP contribution >= 0.6 is 0 Å². The number of rotatable bonds is 6. The van der Waals surface area contributed by atoms with Gasteiger partial charge in [0, 0.05) is 44.6 Å². The molecule has 1 aromatic heterocycles. The minimum absolute atomic E-state index is 0.0193. The monoisotopic (exact) mass is 327 g/mol. The summed E-state index contributed by atoms with van der Waals surface area (Å²) in [4.78, 5) is 16.6. The minimum atomic E-state index is -0.0193. The molecule has 1 aromatic carbocycles. The Morgan fingerprint density at radius 3 is 2.83 bits per heavy atom. The van der Waals surface area contributed by atoms with Crippen LogP contribution in [0.15, 0.2) is 42.6 Å². The van der Waals surface area contributed by atoms with Crippen molar-refractivity contribution in [1.29, 1.82) is 0 Å². The number of aryl methyl sites for hydroxylation is 1. The number of carbonyl (C=O) groups excluding carboxylic acids is 1. The zero-order valence-electron chi connectivity index (χ0n) is 14.4. The van der Waals surface area contributed by atoms with Gasteiger partial charge in [-0.1, -0.05) is 18.2 Å². The number of aromatic nitrogens is 2. The van der Waals surface area contributed by atoms with Gasteiger partial charge in [-0.15, -0.1) is 0 Å². The van der Waals surface area contributed by atoms with Crippen molar-refractivity contribution < 1.29 is 4.79 Å². The van der Waals surface area contributed by atoms with Crippen LogP contribution in [0.1, 0.15) is 6.42 Å². The van der Waals surface area contributed by atoms with Gasteiger partial charge in [-0.3, -0.25) is 14.4 Å². The van der Waals surface area contributed by atoms with Crippen molar-refractivity contribution in [2.75, 3.05) is 43.4 Å². The Labute approximate surface area is 143 Å². The molecule has 24 heavy (non-hydrogen) atoms. The number of amides is 1. The number of nitrogens with zero attached hydrogens (tertiary/aromatic N) is 4. The number of benzene rings is 1. The number of likely N-dealkylation sites (N-methyl/N-ethyl adjacent to an activating group) is 1. The second-order valence-electron chi connectivity index (χ2n) is 6.56. The maximum Gasteiger partial charge on any atom is 0.239 e. The van der Waals surface area contributed by atoms with Crippen molar-refractivity contribution >= 4 is 17.4 Å². The molecule has 0 spiro atoms. The lowest BCUT2D eigenvalue weighted by molar-refractivity contribution is -0.117. The van der Waals surface area contributed by atoms with Gasteiger partial charge in [0.05, 0.1) is 6.54 Å². The van der Waals surface area contributed by atoms with E-state index in [0.717, 1.165) is 19.6 Å². The van der Waals surface area contributed by atoms with Gasteiger partial charge in [0.2, 0.25) is 5.91 Å². The highest BCUT2D eigenvalue weighted by Crippen LogP contribution is 2.23. The molecule has 128 valence electrons. The van der Waals surface area contributed by atoms with Gasteiger partial charge in [0.25, 0.3) is 0 Å². The summed E-state index contributed by atoms with van der Waals surface area (Å²) in [7, 11) is 3.84. The van der Waals surface area contributed by atoms with E-state index in [0.29, 0.717) is 18.3 Å². The van der Waals surface area contributed by atoms with Crippen molar-refractivity contribution in [3.8, 4) is 0 Å². The SMILES string of the molecule is CN(CC(=O)Nc1ccn(C)n1)CC1CCN(c2ccccc2)C1. The van der Waals surface area contributed by atoms with E-state index in [9.17, 15) is 4.79 Å². The first-order chi connectivity index (χ1) is 11.6. The third-order valence-electron chi connectivity index (χ3n) is 4.37. The van der Waals surface area contributed by atoms with E-state index in [1.54, 1.807) is 10.7 Å². The normalized spacial score (nSPS) is 17.5. The smallest absolute Gasteiger partial charge is 0.239 e. The third kappa shape index (κ3) is 4.35. The molecule has 0 radical (unpaired) electrons. The summed E-state index contributed by atoms with van der Waals surface area (Å²) in [5.41, 5.74) is 1.29. The van der Waals surface area contributed by atoms with Gasteiger partial charge in [-0.25, -0.2) is 0 Å². The number of nitrogens with one attached hydrogen (secondary N) is 1. The van der Waals surface area contributed by atoms with Gasteiger partial charge in [0.1, 0.15) is 0 Å². The highest BCUT2D eigenvalue weighted by atomic mass is 16.2. The van der Waals surface area contributed by atoms with E-state index in [2.05, 4.69) is 44.5 Å². The van der Waals surface area contributed by atoms with Crippen molar-refractivity contribution in [2.45, 2.75) is 6.42 Å². The molecule has 1 aliphatic rings. The second-order valence-corrected chi connectivity index (χ2v) is 6.56. The Kier molecular flexibility index (Phi) is 5.15. The van der Waals surface area contributed by atoms with Crippen LogP contribution in [0.4, 0.5) is 11.5 Å². The molecular weight excluding hydrogens is 302 g/mol. The van der Waals surface area contributed by atoms with Crippen molar-refractivity contribution in [3.05, 3.63) is 42.6 Å². The summed E-state index contributed by atoms with van der Waals surface area (Å²) < 4.78 is 1.68. The zero-order valence-corrected chi connectivity index (χ0v) is 14.4. The average molecular weight is 327 g/mol. The Balaban J connectivity index is 1.44. The van der Waals surface area contributed by atoms with Crippen LogP contribution in [0.2, 0.25) is 0 Å². The Bertz CT molecular complexity index is 669. The molecule has 0 aliphatic carbocycles. The van der Waals surface area contributed by atoms with Crippen LogP contribution < -0.4 is 10.2 Å². The number of para-hydroxylation sites is 1. The first-order valence-corrected chi connectivity index (χ1v) is 8.38. The van der Waals surface area contributed by atoms with E-state index in [4.69, 9.17) is 0 Å². The minimum Gasteiger partial charge on any atom is -0.371 e. The molecule has 6 heteroatoms. The maximum atomic E-state index is 12.1. The molecule has 2 heterocycles. The molecule has 1 unspecified atom stereocenters. The standard InChI is InChI=1S/C18H25N5O/c1-21(14-18(24)19-17-9-10-22(2)20-17)12-15-8-11-23(13-15)16-6-4-3-5-7-16/h3-7,9-10,15H,8,11-14H2,1-2H3,(H,19,20,24). The highest BCUT2D eigenvalue weighted by molar-refractivity contribution is 5.91. The number of hydrogen-bond donors (Lipinski definition) is 1. The molecule has 1 fully saturated rings. The molecule has 2 aromatic rings. The fraction of sp³-hybridized carbons (Fsp3) is 0.444. The van der Waals surface area contributed by atoms with Crippen molar-refractivity contribution in [3.63, 3.8) is 0 Å². The first-order valence-electron chi connectivity index (χ1n) is 8.38. The summed E-state index contributed by atoms with van der Waals surface area (Å²) in [6.07, 6.45) is 2.98. The molecule has 1 atom stereocenters. The lowest BCUT2D eigenvalue weighted by atomic mass is 10.1. The molecule has 0 bridgehead atoms. The largest absolute Gasteiger partial charge is 0.371 e. The summed E-state index contributed by atoms with van der Waals surface area (Å²) >= 11 is 0. The molecular formula is C18H25N5O. The lowest BCUT2D eigenvalue weighted by Gasteiger charge is -2.22. The maximum absolute atomic E-state index is 12.1. The van der Waals surface area contributed by atoms with E-state index < -0.39 is 0 Å².